The Balaban J connectivity index is 2.28. The third-order valence-corrected chi connectivity index (χ3v) is 6.33. The van der Waals surface area contributed by atoms with E-state index in [-0.39, 0.29) is 0 Å². The molecule has 102 valence electrons. The SMILES string of the molecule is Cc1sc(Br)cc1S(=O)(=O)Nc1ccc(CBr)cc1. The van der Waals surface area contributed by atoms with Crippen LogP contribution in [0.4, 0.5) is 5.69 Å². The van der Waals surface area contributed by atoms with E-state index >= 15 is 0 Å². The maximum Gasteiger partial charge on any atom is 0.263 e. The molecule has 7 heteroatoms. The lowest BCUT2D eigenvalue weighted by molar-refractivity contribution is 0.601. The van der Waals surface area contributed by atoms with Crippen LogP contribution in [0.15, 0.2) is 39.0 Å². The molecule has 0 aliphatic heterocycles. The van der Waals surface area contributed by atoms with E-state index in [2.05, 4.69) is 36.6 Å². The van der Waals surface area contributed by atoms with Crippen LogP contribution in [0.2, 0.25) is 0 Å². The second-order valence-electron chi connectivity index (χ2n) is 3.91. The molecule has 0 aliphatic carbocycles. The molecule has 3 nitrogen and oxygen atoms in total. The molecule has 0 bridgehead atoms. The van der Waals surface area contributed by atoms with Gasteiger partial charge in [0.05, 0.1) is 3.79 Å². The van der Waals surface area contributed by atoms with E-state index in [1.54, 1.807) is 25.1 Å². The highest BCUT2D eigenvalue weighted by Gasteiger charge is 2.19. The van der Waals surface area contributed by atoms with Crippen molar-refractivity contribution in [2.45, 2.75) is 17.1 Å². The number of alkyl halides is 1. The Kier molecular flexibility index (Phi) is 4.70. The number of anilines is 1. The number of hydrogen-bond acceptors (Lipinski definition) is 3. The third-order valence-electron chi connectivity index (χ3n) is 2.49. The number of sulfonamides is 1. The van der Waals surface area contributed by atoms with Gasteiger partial charge in [-0.15, -0.1) is 11.3 Å². The van der Waals surface area contributed by atoms with E-state index in [1.807, 2.05) is 12.1 Å². The molecular weight excluding hydrogens is 414 g/mol. The van der Waals surface area contributed by atoms with Crippen molar-refractivity contribution in [2.75, 3.05) is 4.72 Å². The Morgan fingerprint density at radius 3 is 2.37 bits per heavy atom. The summed E-state index contributed by atoms with van der Waals surface area (Å²) < 4.78 is 27.9. The van der Waals surface area contributed by atoms with E-state index in [4.69, 9.17) is 0 Å². The van der Waals surface area contributed by atoms with Crippen LogP contribution in [-0.4, -0.2) is 8.42 Å². The van der Waals surface area contributed by atoms with Crippen LogP contribution in [0.5, 0.6) is 0 Å². The van der Waals surface area contributed by atoms with Gasteiger partial charge in [0.1, 0.15) is 4.90 Å². The normalized spacial score (nSPS) is 11.5. The number of nitrogens with one attached hydrogen (secondary N) is 1. The second-order valence-corrected chi connectivity index (χ2v) is 8.75. The van der Waals surface area contributed by atoms with Crippen molar-refractivity contribution < 1.29 is 8.42 Å². The monoisotopic (exact) mass is 423 g/mol. The van der Waals surface area contributed by atoms with Gasteiger partial charge in [-0.1, -0.05) is 28.1 Å². The number of hydrogen-bond donors (Lipinski definition) is 1. The van der Waals surface area contributed by atoms with Crippen molar-refractivity contribution in [1.82, 2.24) is 0 Å². The summed E-state index contributed by atoms with van der Waals surface area (Å²) in [7, 11) is -3.52. The molecule has 1 aromatic heterocycles. The van der Waals surface area contributed by atoms with Gasteiger partial charge in [0.15, 0.2) is 0 Å². The molecule has 19 heavy (non-hydrogen) atoms. The van der Waals surface area contributed by atoms with Gasteiger partial charge in [0.25, 0.3) is 10.0 Å². The van der Waals surface area contributed by atoms with Gasteiger partial charge in [-0.25, -0.2) is 8.42 Å². The lowest BCUT2D eigenvalue weighted by atomic mass is 10.2. The fraction of sp³-hybridized carbons (Fsp3) is 0.167. The standard InChI is InChI=1S/C12H11Br2NO2S2/c1-8-11(6-12(14)18-8)19(16,17)15-10-4-2-9(7-13)3-5-10/h2-6,15H,7H2,1H3. The summed E-state index contributed by atoms with van der Waals surface area (Å²) in [6.07, 6.45) is 0. The average molecular weight is 425 g/mol. The zero-order valence-corrected chi connectivity index (χ0v) is 14.8. The Hall–Kier alpha value is -0.370. The lowest BCUT2D eigenvalue weighted by Gasteiger charge is -2.08. The lowest BCUT2D eigenvalue weighted by Crippen LogP contribution is -2.13. The summed E-state index contributed by atoms with van der Waals surface area (Å²) in [6, 6.07) is 8.89. The van der Waals surface area contributed by atoms with Crippen molar-refractivity contribution in [1.29, 1.82) is 0 Å². The van der Waals surface area contributed by atoms with Gasteiger partial charge in [-0.2, -0.15) is 0 Å². The highest BCUT2D eigenvalue weighted by atomic mass is 79.9. The van der Waals surface area contributed by atoms with Crippen LogP contribution in [0.25, 0.3) is 0 Å². The molecule has 0 radical (unpaired) electrons. The molecule has 0 unspecified atom stereocenters. The van der Waals surface area contributed by atoms with Gasteiger partial charge >= 0.3 is 0 Å². The topological polar surface area (TPSA) is 46.2 Å². The minimum absolute atomic E-state index is 0.314. The van der Waals surface area contributed by atoms with E-state index in [0.717, 1.165) is 19.6 Å². The predicted molar refractivity (Wildman–Crippen MR) is 86.6 cm³/mol. The van der Waals surface area contributed by atoms with E-state index in [1.165, 1.54) is 11.3 Å². The highest BCUT2D eigenvalue weighted by Crippen LogP contribution is 2.30. The largest absolute Gasteiger partial charge is 0.280 e. The predicted octanol–water partition coefficient (Wildman–Crippen LogP) is 4.51. The quantitative estimate of drug-likeness (QED) is 0.733. The highest BCUT2D eigenvalue weighted by molar-refractivity contribution is 9.11. The summed E-state index contributed by atoms with van der Waals surface area (Å²) >= 11 is 8.05. The first-order valence-electron chi connectivity index (χ1n) is 5.36. The summed E-state index contributed by atoms with van der Waals surface area (Å²) in [5.74, 6) is 0. The minimum Gasteiger partial charge on any atom is -0.280 e. The van der Waals surface area contributed by atoms with Crippen molar-refractivity contribution >= 4 is 58.9 Å². The molecule has 0 saturated carbocycles. The Morgan fingerprint density at radius 2 is 1.89 bits per heavy atom. The molecule has 0 fully saturated rings. The first-order valence-corrected chi connectivity index (χ1v) is 9.57. The van der Waals surface area contributed by atoms with E-state index < -0.39 is 10.0 Å². The summed E-state index contributed by atoms with van der Waals surface area (Å²) in [5.41, 5.74) is 1.66. The van der Waals surface area contributed by atoms with Crippen LogP contribution in [0.1, 0.15) is 10.4 Å². The molecule has 2 rings (SSSR count). The molecule has 0 amide bonds. The first kappa shape index (κ1) is 15.0. The molecule has 2 aromatic rings. The van der Waals surface area contributed by atoms with Crippen LogP contribution in [-0.2, 0) is 15.4 Å². The molecule has 0 saturated heterocycles. The second kappa shape index (κ2) is 5.95. The Bertz CT molecular complexity index is 678. The van der Waals surface area contributed by atoms with Gasteiger partial charge in [-0.3, -0.25) is 4.72 Å². The zero-order chi connectivity index (χ0) is 14.0. The van der Waals surface area contributed by atoms with Crippen LogP contribution >= 0.6 is 43.2 Å². The molecule has 1 N–H and O–H groups in total. The molecule has 0 aliphatic rings. The molecule has 0 spiro atoms. The maximum atomic E-state index is 12.3. The van der Waals surface area contributed by atoms with Crippen molar-refractivity contribution in [2.24, 2.45) is 0 Å². The number of rotatable bonds is 4. The number of thiophene rings is 1. The number of aryl methyl sites for hydroxylation is 1. The zero-order valence-electron chi connectivity index (χ0n) is 9.98. The Labute approximate surface area is 133 Å². The molecule has 0 atom stereocenters. The van der Waals surface area contributed by atoms with Crippen molar-refractivity contribution in [3.05, 3.63) is 44.6 Å². The summed E-state index contributed by atoms with van der Waals surface area (Å²) in [5, 5.41) is 0.747. The number of benzene rings is 1. The smallest absolute Gasteiger partial charge is 0.263 e. The summed E-state index contributed by atoms with van der Waals surface area (Å²) in [6.45, 7) is 1.79. The van der Waals surface area contributed by atoms with Gasteiger partial charge in [0, 0.05) is 15.9 Å². The number of halogens is 2. The van der Waals surface area contributed by atoms with Gasteiger partial charge in [-0.05, 0) is 46.6 Å². The van der Waals surface area contributed by atoms with E-state index in [9.17, 15) is 8.42 Å². The maximum absolute atomic E-state index is 12.3. The average Bonchev–Trinajstić information content (AvgIpc) is 2.70. The van der Waals surface area contributed by atoms with Crippen molar-refractivity contribution in [3.63, 3.8) is 0 Å². The Morgan fingerprint density at radius 1 is 1.26 bits per heavy atom. The molecular formula is C12H11Br2NO2S2. The van der Waals surface area contributed by atoms with Gasteiger partial charge in [0.2, 0.25) is 0 Å². The van der Waals surface area contributed by atoms with Crippen molar-refractivity contribution in [3.8, 4) is 0 Å². The van der Waals surface area contributed by atoms with Crippen LogP contribution in [0, 0.1) is 6.92 Å². The summed E-state index contributed by atoms with van der Waals surface area (Å²) in [4.78, 5) is 1.07. The molecule has 1 aromatic carbocycles. The minimum atomic E-state index is -3.52. The third kappa shape index (κ3) is 3.59. The van der Waals surface area contributed by atoms with Crippen LogP contribution < -0.4 is 4.72 Å². The fourth-order valence-electron chi connectivity index (χ4n) is 1.57. The van der Waals surface area contributed by atoms with Gasteiger partial charge < -0.3 is 0 Å². The molecule has 1 heterocycles. The van der Waals surface area contributed by atoms with Crippen LogP contribution in [0.3, 0.4) is 0 Å². The fourth-order valence-corrected chi connectivity index (χ4v) is 5.42. The first-order chi connectivity index (χ1) is 8.92. The van der Waals surface area contributed by atoms with E-state index in [0.29, 0.717) is 10.6 Å².